The van der Waals surface area contributed by atoms with Gasteiger partial charge in [-0.05, 0) is 6.42 Å². The van der Waals surface area contributed by atoms with Crippen molar-refractivity contribution in [2.45, 2.75) is 13.3 Å². The summed E-state index contributed by atoms with van der Waals surface area (Å²) in [5, 5.41) is 8.17. The molecule has 0 unspecified atom stereocenters. The number of aliphatic carboxylic acids is 1. The Hall–Kier alpha value is -0.440. The maximum Gasteiger partial charge on any atom is 0.341 e. The van der Waals surface area contributed by atoms with Gasteiger partial charge in [-0.1, -0.05) is 13.0 Å². The molecule has 0 saturated carbocycles. The lowest BCUT2D eigenvalue weighted by Gasteiger charge is -1.86. The van der Waals surface area contributed by atoms with Crippen molar-refractivity contribution in [2.24, 2.45) is 0 Å². The van der Waals surface area contributed by atoms with E-state index >= 15 is 0 Å². The van der Waals surface area contributed by atoms with E-state index in [9.17, 15) is 4.79 Å². The van der Waals surface area contributed by atoms with Crippen molar-refractivity contribution >= 4 is 18.6 Å². The van der Waals surface area contributed by atoms with Crippen LogP contribution in [0.15, 0.2) is 11.0 Å². The molecule has 3 heteroatoms. The molecule has 8 heavy (non-hydrogen) atoms. The van der Waals surface area contributed by atoms with E-state index in [1.807, 2.05) is 6.92 Å². The summed E-state index contributed by atoms with van der Waals surface area (Å²) in [5.41, 5.74) is 0. The predicted octanol–water partition coefficient (Wildman–Crippen LogP) is 1.29. The first-order valence-corrected chi connectivity index (χ1v) is 2.75. The Morgan fingerprint density at radius 3 is 2.50 bits per heavy atom. The summed E-state index contributed by atoms with van der Waals surface area (Å²) in [5.74, 6) is -0.963. The topological polar surface area (TPSA) is 37.3 Å². The number of hydrogen-bond acceptors (Lipinski definition) is 2. The van der Waals surface area contributed by atoms with E-state index < -0.39 is 5.97 Å². The van der Waals surface area contributed by atoms with E-state index in [4.69, 9.17) is 5.11 Å². The van der Waals surface area contributed by atoms with Crippen molar-refractivity contribution in [1.82, 2.24) is 0 Å². The highest BCUT2D eigenvalue weighted by Gasteiger charge is 1.96. The standard InChI is InChI=1S/C5H8O2S/c1-2-3-4(8)5(6)7/h3,8H,2H2,1H3,(H,6,7)/b4-3-. The summed E-state index contributed by atoms with van der Waals surface area (Å²) in [4.78, 5) is 10.1. The van der Waals surface area contributed by atoms with Crippen LogP contribution in [0.2, 0.25) is 0 Å². The van der Waals surface area contributed by atoms with Gasteiger partial charge in [0.25, 0.3) is 0 Å². The van der Waals surface area contributed by atoms with Gasteiger partial charge in [0.05, 0.1) is 4.91 Å². The summed E-state index contributed by atoms with van der Waals surface area (Å²) in [7, 11) is 0. The van der Waals surface area contributed by atoms with Crippen LogP contribution >= 0.6 is 12.6 Å². The zero-order chi connectivity index (χ0) is 6.57. The Balaban J connectivity index is 3.80. The van der Waals surface area contributed by atoms with E-state index in [1.165, 1.54) is 0 Å². The van der Waals surface area contributed by atoms with Crippen LogP contribution in [-0.2, 0) is 4.79 Å². The second kappa shape index (κ2) is 3.55. The first kappa shape index (κ1) is 7.56. The smallest absolute Gasteiger partial charge is 0.341 e. The van der Waals surface area contributed by atoms with Crippen molar-refractivity contribution in [3.8, 4) is 0 Å². The molecule has 1 N–H and O–H groups in total. The lowest BCUT2D eigenvalue weighted by atomic mass is 10.4. The molecule has 0 saturated heterocycles. The number of carbonyl (C=O) groups is 1. The summed E-state index contributed by atoms with van der Waals surface area (Å²) in [6.45, 7) is 1.86. The van der Waals surface area contributed by atoms with Crippen molar-refractivity contribution in [3.63, 3.8) is 0 Å². The lowest BCUT2D eigenvalue weighted by molar-refractivity contribution is -0.131. The monoisotopic (exact) mass is 132 g/mol. The Bertz CT molecular complexity index is 118. The molecule has 0 rings (SSSR count). The van der Waals surface area contributed by atoms with Crippen LogP contribution < -0.4 is 0 Å². The molecular weight excluding hydrogens is 124 g/mol. The van der Waals surface area contributed by atoms with E-state index in [0.29, 0.717) is 6.42 Å². The van der Waals surface area contributed by atoms with Gasteiger partial charge in [-0.15, -0.1) is 12.6 Å². The molecule has 0 atom stereocenters. The van der Waals surface area contributed by atoms with Gasteiger partial charge >= 0.3 is 5.97 Å². The van der Waals surface area contributed by atoms with Crippen molar-refractivity contribution < 1.29 is 9.90 Å². The second-order valence-electron chi connectivity index (χ2n) is 1.30. The van der Waals surface area contributed by atoms with Crippen LogP contribution in [0.5, 0.6) is 0 Å². The molecule has 2 nitrogen and oxygen atoms in total. The van der Waals surface area contributed by atoms with Gasteiger partial charge in [0.2, 0.25) is 0 Å². The van der Waals surface area contributed by atoms with Gasteiger partial charge < -0.3 is 5.11 Å². The molecule has 0 aromatic carbocycles. The first-order valence-electron chi connectivity index (χ1n) is 2.31. The Kier molecular flexibility index (Phi) is 3.35. The fourth-order valence-corrected chi connectivity index (χ4v) is 0.463. The third kappa shape index (κ3) is 2.69. The van der Waals surface area contributed by atoms with E-state index in [0.717, 1.165) is 0 Å². The maximum atomic E-state index is 9.94. The largest absolute Gasteiger partial charge is 0.477 e. The van der Waals surface area contributed by atoms with Crippen LogP contribution in [0, 0.1) is 0 Å². The Labute approximate surface area is 53.6 Å². The summed E-state index contributed by atoms with van der Waals surface area (Å²) >= 11 is 3.67. The highest BCUT2D eigenvalue weighted by molar-refractivity contribution is 7.85. The Morgan fingerprint density at radius 1 is 1.88 bits per heavy atom. The van der Waals surface area contributed by atoms with Gasteiger partial charge in [0, 0.05) is 0 Å². The molecule has 0 heterocycles. The summed E-state index contributed by atoms with van der Waals surface area (Å²) < 4.78 is 0. The molecule has 0 amide bonds. The molecule has 0 spiro atoms. The van der Waals surface area contributed by atoms with Gasteiger partial charge in [0.15, 0.2) is 0 Å². The number of carboxylic acid groups (broad SMARTS) is 1. The highest BCUT2D eigenvalue weighted by atomic mass is 32.1. The van der Waals surface area contributed by atoms with Crippen molar-refractivity contribution in [1.29, 1.82) is 0 Å². The summed E-state index contributed by atoms with van der Waals surface area (Å²) in [6, 6.07) is 0. The lowest BCUT2D eigenvalue weighted by Crippen LogP contribution is -1.92. The van der Waals surface area contributed by atoms with Crippen LogP contribution in [0.3, 0.4) is 0 Å². The zero-order valence-electron chi connectivity index (χ0n) is 4.59. The fourth-order valence-electron chi connectivity index (χ4n) is 0.281. The molecule has 0 aliphatic heterocycles. The number of allylic oxidation sites excluding steroid dienone is 1. The molecular formula is C5H8O2S. The van der Waals surface area contributed by atoms with Gasteiger partial charge in [-0.3, -0.25) is 0 Å². The van der Waals surface area contributed by atoms with Crippen LogP contribution in [0.25, 0.3) is 0 Å². The second-order valence-corrected chi connectivity index (χ2v) is 1.78. The number of hydrogen-bond donors (Lipinski definition) is 2. The zero-order valence-corrected chi connectivity index (χ0v) is 5.48. The normalized spacial score (nSPS) is 11.5. The number of carboxylic acids is 1. The molecule has 46 valence electrons. The molecule has 0 aliphatic carbocycles. The third-order valence-electron chi connectivity index (χ3n) is 0.617. The van der Waals surface area contributed by atoms with Crippen LogP contribution in [-0.4, -0.2) is 11.1 Å². The van der Waals surface area contributed by atoms with Gasteiger partial charge in [0.1, 0.15) is 0 Å². The molecule has 0 bridgehead atoms. The molecule has 0 aliphatic rings. The SMILES string of the molecule is CC/C=C(\S)C(=O)O. The van der Waals surface area contributed by atoms with Crippen LogP contribution in [0.4, 0.5) is 0 Å². The maximum absolute atomic E-state index is 9.94. The van der Waals surface area contributed by atoms with Crippen molar-refractivity contribution in [3.05, 3.63) is 11.0 Å². The third-order valence-corrected chi connectivity index (χ3v) is 0.990. The molecule has 0 radical (unpaired) electrons. The molecule has 0 aromatic rings. The van der Waals surface area contributed by atoms with E-state index in [1.54, 1.807) is 6.08 Å². The highest BCUT2D eigenvalue weighted by Crippen LogP contribution is 2.00. The van der Waals surface area contributed by atoms with Gasteiger partial charge in [-0.25, -0.2) is 4.79 Å². The quantitative estimate of drug-likeness (QED) is 0.439. The van der Waals surface area contributed by atoms with Crippen LogP contribution in [0.1, 0.15) is 13.3 Å². The average molecular weight is 132 g/mol. The van der Waals surface area contributed by atoms with E-state index in [-0.39, 0.29) is 4.91 Å². The minimum atomic E-state index is -0.963. The minimum Gasteiger partial charge on any atom is -0.477 e. The van der Waals surface area contributed by atoms with E-state index in [2.05, 4.69) is 12.6 Å². The molecule has 0 fully saturated rings. The minimum absolute atomic E-state index is 0.118. The first-order chi connectivity index (χ1) is 3.68. The number of thiol groups is 1. The predicted molar refractivity (Wildman–Crippen MR) is 35.0 cm³/mol. The summed E-state index contributed by atoms with van der Waals surface area (Å²) in [6.07, 6.45) is 2.26. The van der Waals surface area contributed by atoms with Gasteiger partial charge in [-0.2, -0.15) is 0 Å². The molecule has 0 aromatic heterocycles. The Morgan fingerprint density at radius 2 is 2.38 bits per heavy atom. The van der Waals surface area contributed by atoms with Crippen molar-refractivity contribution in [2.75, 3.05) is 0 Å². The fraction of sp³-hybridized carbons (Fsp3) is 0.400. The number of rotatable bonds is 2. The average Bonchev–Trinajstić information content (AvgIpc) is 1.67.